The maximum Gasteiger partial charge on any atom is 0.271 e. The molecule has 1 aliphatic rings. The number of rotatable bonds is 0. The molecule has 1 fully saturated rings. The van der Waals surface area contributed by atoms with E-state index in [-0.39, 0.29) is 5.57 Å². The second-order valence-electron chi connectivity index (χ2n) is 3.73. The quantitative estimate of drug-likeness (QED) is 0.490. The molecule has 0 saturated heterocycles. The van der Waals surface area contributed by atoms with E-state index in [4.69, 9.17) is 0 Å². The Morgan fingerprint density at radius 3 is 2.67 bits per heavy atom. The number of hydrogen-bond acceptors (Lipinski definition) is 0. The van der Waals surface area contributed by atoms with Gasteiger partial charge in [-0.15, -0.1) is 0 Å². The monoisotopic (exact) mass is 174 g/mol. The summed E-state index contributed by atoms with van der Waals surface area (Å²) in [6.07, 6.45) is 4.01. The predicted molar refractivity (Wildman–Crippen MR) is 46.3 cm³/mol. The molecule has 0 aliphatic heterocycles. The molecule has 1 rings (SSSR count). The summed E-state index contributed by atoms with van der Waals surface area (Å²) in [7, 11) is 0. The third-order valence-corrected chi connectivity index (χ3v) is 2.71. The van der Waals surface area contributed by atoms with Crippen LogP contribution in [0.15, 0.2) is 12.2 Å². The van der Waals surface area contributed by atoms with E-state index in [1.807, 2.05) is 0 Å². The molecular formula is C10H16F2. The van der Waals surface area contributed by atoms with Crippen LogP contribution in [0.2, 0.25) is 0 Å². The van der Waals surface area contributed by atoms with Crippen molar-refractivity contribution in [2.75, 3.05) is 0 Å². The van der Waals surface area contributed by atoms with Crippen molar-refractivity contribution in [1.29, 1.82) is 0 Å². The van der Waals surface area contributed by atoms with Gasteiger partial charge in [-0.3, -0.25) is 0 Å². The molecular weight excluding hydrogens is 158 g/mol. The minimum Gasteiger partial charge on any atom is -0.201 e. The molecule has 1 atom stereocenters. The summed E-state index contributed by atoms with van der Waals surface area (Å²) in [5, 5.41) is 0. The van der Waals surface area contributed by atoms with E-state index in [0.717, 1.165) is 19.3 Å². The van der Waals surface area contributed by atoms with Crippen molar-refractivity contribution in [3.63, 3.8) is 0 Å². The maximum atomic E-state index is 13.3. The molecule has 1 unspecified atom stereocenters. The Kier molecular flexibility index (Phi) is 2.86. The van der Waals surface area contributed by atoms with Crippen LogP contribution in [0.3, 0.4) is 0 Å². The molecule has 0 amide bonds. The molecule has 12 heavy (non-hydrogen) atoms. The highest BCUT2D eigenvalue weighted by Gasteiger charge is 2.39. The fourth-order valence-corrected chi connectivity index (χ4v) is 1.66. The highest BCUT2D eigenvalue weighted by molar-refractivity contribution is 5.09. The van der Waals surface area contributed by atoms with Crippen LogP contribution >= 0.6 is 0 Å². The van der Waals surface area contributed by atoms with Crippen molar-refractivity contribution in [3.8, 4) is 0 Å². The molecule has 0 spiro atoms. The van der Waals surface area contributed by atoms with Crippen molar-refractivity contribution in [1.82, 2.24) is 0 Å². The minimum absolute atomic E-state index is 0.134. The van der Waals surface area contributed by atoms with Gasteiger partial charge in [-0.2, -0.15) is 0 Å². The maximum absolute atomic E-state index is 13.3. The second kappa shape index (κ2) is 3.55. The van der Waals surface area contributed by atoms with Gasteiger partial charge in [0.05, 0.1) is 0 Å². The predicted octanol–water partition coefficient (Wildman–Crippen LogP) is 3.78. The topological polar surface area (TPSA) is 0 Å². The van der Waals surface area contributed by atoms with Crippen LogP contribution in [0.1, 0.15) is 39.0 Å². The van der Waals surface area contributed by atoms with Gasteiger partial charge in [-0.1, -0.05) is 26.3 Å². The van der Waals surface area contributed by atoms with Crippen molar-refractivity contribution in [3.05, 3.63) is 12.2 Å². The highest BCUT2D eigenvalue weighted by atomic mass is 19.3. The van der Waals surface area contributed by atoms with E-state index in [1.54, 1.807) is 6.92 Å². The third kappa shape index (κ3) is 1.85. The van der Waals surface area contributed by atoms with Crippen LogP contribution in [0.25, 0.3) is 0 Å². The molecule has 2 heteroatoms. The molecule has 70 valence electrons. The van der Waals surface area contributed by atoms with Gasteiger partial charge in [-0.25, -0.2) is 8.78 Å². The van der Waals surface area contributed by atoms with E-state index >= 15 is 0 Å². The molecule has 0 aromatic heterocycles. The van der Waals surface area contributed by atoms with Gasteiger partial charge in [0.15, 0.2) is 0 Å². The molecule has 1 aliphatic carbocycles. The van der Waals surface area contributed by atoms with Gasteiger partial charge in [-0.05, 0) is 24.8 Å². The summed E-state index contributed by atoms with van der Waals surface area (Å²) in [6.45, 7) is 5.09. The number of hydrogen-bond donors (Lipinski definition) is 0. The Hall–Kier alpha value is -0.400. The molecule has 0 radical (unpaired) electrons. The molecule has 0 heterocycles. The largest absolute Gasteiger partial charge is 0.271 e. The number of allylic oxidation sites excluding steroid dienone is 1. The standard InChI is InChI=1S/C10H16F2/c1-8-6-4-3-5-7-9(2)10(8,11)12/h9H,1,3-7H2,2H3. The van der Waals surface area contributed by atoms with Gasteiger partial charge < -0.3 is 0 Å². The fourth-order valence-electron chi connectivity index (χ4n) is 1.66. The first-order valence-corrected chi connectivity index (χ1v) is 4.61. The van der Waals surface area contributed by atoms with Crippen molar-refractivity contribution >= 4 is 0 Å². The Bertz CT molecular complexity index is 173. The lowest BCUT2D eigenvalue weighted by Gasteiger charge is -2.27. The zero-order valence-electron chi connectivity index (χ0n) is 7.58. The summed E-state index contributed by atoms with van der Waals surface area (Å²) >= 11 is 0. The van der Waals surface area contributed by atoms with E-state index < -0.39 is 11.8 Å². The zero-order valence-corrected chi connectivity index (χ0v) is 7.58. The summed E-state index contributed by atoms with van der Waals surface area (Å²) in [5.41, 5.74) is 0.134. The number of alkyl halides is 2. The lowest BCUT2D eigenvalue weighted by Crippen LogP contribution is -2.29. The molecule has 0 nitrogen and oxygen atoms in total. The first-order chi connectivity index (χ1) is 5.55. The third-order valence-electron chi connectivity index (χ3n) is 2.71. The molecule has 0 N–H and O–H groups in total. The van der Waals surface area contributed by atoms with Gasteiger partial charge in [0.2, 0.25) is 0 Å². The van der Waals surface area contributed by atoms with Crippen molar-refractivity contribution in [2.24, 2.45) is 5.92 Å². The second-order valence-corrected chi connectivity index (χ2v) is 3.73. The summed E-state index contributed by atoms with van der Waals surface area (Å²) in [5.74, 6) is -3.15. The SMILES string of the molecule is C=C1CCCCCC(C)C1(F)F. The van der Waals surface area contributed by atoms with Crippen LogP contribution < -0.4 is 0 Å². The van der Waals surface area contributed by atoms with Gasteiger partial charge in [0.25, 0.3) is 5.92 Å². The minimum atomic E-state index is -2.62. The van der Waals surface area contributed by atoms with Crippen LogP contribution in [-0.4, -0.2) is 5.92 Å². The molecule has 1 saturated carbocycles. The van der Waals surface area contributed by atoms with Gasteiger partial charge in [0, 0.05) is 5.92 Å². The smallest absolute Gasteiger partial charge is 0.201 e. The Balaban J connectivity index is 2.69. The molecule has 0 bridgehead atoms. The van der Waals surface area contributed by atoms with Crippen LogP contribution in [-0.2, 0) is 0 Å². The Morgan fingerprint density at radius 2 is 2.00 bits per heavy atom. The van der Waals surface area contributed by atoms with Gasteiger partial charge in [0.1, 0.15) is 0 Å². The average molecular weight is 174 g/mol. The lowest BCUT2D eigenvalue weighted by atomic mass is 9.86. The Morgan fingerprint density at radius 1 is 1.33 bits per heavy atom. The lowest BCUT2D eigenvalue weighted by molar-refractivity contribution is -0.0234. The summed E-state index contributed by atoms with van der Waals surface area (Å²) in [6, 6.07) is 0. The fraction of sp³-hybridized carbons (Fsp3) is 0.800. The van der Waals surface area contributed by atoms with Crippen molar-refractivity contribution in [2.45, 2.75) is 45.0 Å². The molecule has 0 aromatic carbocycles. The van der Waals surface area contributed by atoms with E-state index in [2.05, 4.69) is 6.58 Å². The number of halogens is 2. The zero-order chi connectivity index (χ0) is 9.19. The average Bonchev–Trinajstić information content (AvgIpc) is 2.01. The normalized spacial score (nSPS) is 30.9. The first-order valence-electron chi connectivity index (χ1n) is 4.61. The summed E-state index contributed by atoms with van der Waals surface area (Å²) in [4.78, 5) is 0. The van der Waals surface area contributed by atoms with E-state index in [9.17, 15) is 8.78 Å². The van der Waals surface area contributed by atoms with Crippen LogP contribution in [0.5, 0.6) is 0 Å². The van der Waals surface area contributed by atoms with Gasteiger partial charge >= 0.3 is 0 Å². The van der Waals surface area contributed by atoms with Crippen LogP contribution in [0.4, 0.5) is 8.78 Å². The highest BCUT2D eigenvalue weighted by Crippen LogP contribution is 2.38. The van der Waals surface area contributed by atoms with Crippen molar-refractivity contribution < 1.29 is 8.78 Å². The van der Waals surface area contributed by atoms with Crippen LogP contribution in [0, 0.1) is 5.92 Å². The Labute approximate surface area is 72.7 Å². The first kappa shape index (κ1) is 9.69. The van der Waals surface area contributed by atoms with E-state index in [1.165, 1.54) is 0 Å². The van der Waals surface area contributed by atoms with E-state index in [0.29, 0.717) is 12.8 Å². The molecule has 0 aromatic rings. The summed E-state index contributed by atoms with van der Waals surface area (Å²) < 4.78 is 26.7.